The van der Waals surface area contributed by atoms with E-state index < -0.39 is 17.9 Å². The molecule has 6 heteroatoms. The van der Waals surface area contributed by atoms with Gasteiger partial charge in [0.25, 0.3) is 5.91 Å². The molecule has 132 valence electrons. The number of hydrogen-bond donors (Lipinski definition) is 2. The summed E-state index contributed by atoms with van der Waals surface area (Å²) in [6, 6.07) is 7.07. The number of aliphatic carboxylic acids is 1. The van der Waals surface area contributed by atoms with Gasteiger partial charge in [-0.05, 0) is 44.2 Å². The van der Waals surface area contributed by atoms with E-state index in [9.17, 15) is 14.7 Å². The molecule has 1 amide bonds. The quantitative estimate of drug-likeness (QED) is 0.875. The second-order valence-corrected chi connectivity index (χ2v) is 6.91. The largest absolute Gasteiger partial charge is 0.480 e. The van der Waals surface area contributed by atoms with Crippen molar-refractivity contribution in [2.45, 2.75) is 46.1 Å². The van der Waals surface area contributed by atoms with E-state index in [1.807, 2.05) is 35.9 Å². The fourth-order valence-electron chi connectivity index (χ4n) is 3.24. The topological polar surface area (TPSA) is 84.2 Å². The van der Waals surface area contributed by atoms with E-state index in [4.69, 9.17) is 0 Å². The zero-order valence-electron chi connectivity index (χ0n) is 14.7. The van der Waals surface area contributed by atoms with Gasteiger partial charge in [0.15, 0.2) is 5.69 Å². The molecule has 2 aromatic rings. The van der Waals surface area contributed by atoms with Gasteiger partial charge in [0.1, 0.15) is 6.04 Å². The first kappa shape index (κ1) is 17.2. The normalized spacial score (nSPS) is 14.4. The molecular formula is C19H23N3O3. The molecule has 0 bridgehead atoms. The first-order valence-corrected chi connectivity index (χ1v) is 8.60. The van der Waals surface area contributed by atoms with Crippen LogP contribution >= 0.6 is 0 Å². The Morgan fingerprint density at radius 1 is 1.20 bits per heavy atom. The van der Waals surface area contributed by atoms with E-state index in [-0.39, 0.29) is 5.92 Å². The van der Waals surface area contributed by atoms with Crippen LogP contribution in [0, 0.1) is 12.8 Å². The lowest BCUT2D eigenvalue weighted by Gasteiger charge is -2.17. The monoisotopic (exact) mass is 341 g/mol. The van der Waals surface area contributed by atoms with Crippen LogP contribution in [0.5, 0.6) is 0 Å². The Labute approximate surface area is 146 Å². The van der Waals surface area contributed by atoms with Gasteiger partial charge in [-0.1, -0.05) is 31.5 Å². The Kier molecular flexibility index (Phi) is 4.61. The van der Waals surface area contributed by atoms with Crippen molar-refractivity contribution in [2.75, 3.05) is 0 Å². The van der Waals surface area contributed by atoms with Crippen LogP contribution in [0.1, 0.15) is 47.6 Å². The highest BCUT2D eigenvalue weighted by atomic mass is 16.4. The second-order valence-electron chi connectivity index (χ2n) is 6.91. The van der Waals surface area contributed by atoms with Crippen molar-refractivity contribution in [1.29, 1.82) is 0 Å². The summed E-state index contributed by atoms with van der Waals surface area (Å²) in [4.78, 5) is 24.0. The number of nitrogens with one attached hydrogen (secondary N) is 1. The lowest BCUT2D eigenvalue weighted by atomic mass is 10.0. The van der Waals surface area contributed by atoms with E-state index in [1.165, 1.54) is 0 Å². The molecule has 0 saturated carbocycles. The summed E-state index contributed by atoms with van der Waals surface area (Å²) >= 11 is 0. The molecule has 0 fully saturated rings. The first-order valence-electron chi connectivity index (χ1n) is 8.60. The fourth-order valence-corrected chi connectivity index (χ4v) is 3.24. The van der Waals surface area contributed by atoms with Gasteiger partial charge in [-0.2, -0.15) is 5.10 Å². The first-order chi connectivity index (χ1) is 11.9. The highest BCUT2D eigenvalue weighted by molar-refractivity contribution is 5.96. The van der Waals surface area contributed by atoms with Crippen LogP contribution in [0.2, 0.25) is 0 Å². The number of benzene rings is 1. The van der Waals surface area contributed by atoms with Gasteiger partial charge < -0.3 is 10.4 Å². The van der Waals surface area contributed by atoms with Crippen LogP contribution in [0.4, 0.5) is 0 Å². The molecule has 0 radical (unpaired) electrons. The zero-order chi connectivity index (χ0) is 18.1. The number of rotatable bonds is 5. The summed E-state index contributed by atoms with van der Waals surface area (Å²) in [6.45, 7) is 5.57. The molecule has 2 N–H and O–H groups in total. The second kappa shape index (κ2) is 6.70. The van der Waals surface area contributed by atoms with E-state index in [1.54, 1.807) is 13.8 Å². The molecule has 0 spiro atoms. The summed E-state index contributed by atoms with van der Waals surface area (Å²) < 4.78 is 1.82. The number of carbonyl (C=O) groups excluding carboxylic acids is 1. The molecule has 1 aromatic carbocycles. The lowest BCUT2D eigenvalue weighted by Crippen LogP contribution is -2.44. The van der Waals surface area contributed by atoms with E-state index in [0.29, 0.717) is 5.69 Å². The van der Waals surface area contributed by atoms with Crippen molar-refractivity contribution in [3.05, 3.63) is 46.8 Å². The van der Waals surface area contributed by atoms with E-state index in [0.717, 1.165) is 41.8 Å². The number of amides is 1. The molecule has 25 heavy (non-hydrogen) atoms. The predicted octanol–water partition coefficient (Wildman–Crippen LogP) is 2.51. The highest BCUT2D eigenvalue weighted by Crippen LogP contribution is 2.28. The third-order valence-corrected chi connectivity index (χ3v) is 4.64. The van der Waals surface area contributed by atoms with Gasteiger partial charge in [-0.3, -0.25) is 4.79 Å². The smallest absolute Gasteiger partial charge is 0.326 e. The van der Waals surface area contributed by atoms with Crippen LogP contribution < -0.4 is 5.32 Å². The minimum atomic E-state index is -1.03. The maximum Gasteiger partial charge on any atom is 0.326 e. The van der Waals surface area contributed by atoms with Gasteiger partial charge in [-0.15, -0.1) is 0 Å². The zero-order valence-corrected chi connectivity index (χ0v) is 14.7. The molecule has 1 atom stereocenters. The van der Waals surface area contributed by atoms with Crippen LogP contribution in [-0.2, 0) is 17.6 Å². The Morgan fingerprint density at radius 3 is 2.48 bits per heavy atom. The number of aryl methyl sites for hydroxylation is 1. The molecule has 0 saturated heterocycles. The number of carboxylic acid groups (broad SMARTS) is 1. The van der Waals surface area contributed by atoms with Gasteiger partial charge >= 0.3 is 5.97 Å². The SMILES string of the molecule is Cc1ccc(-n2nc(C(=O)NC(C(=O)O)C(C)C)c3c2CCC3)cc1. The Morgan fingerprint density at radius 2 is 1.88 bits per heavy atom. The van der Waals surface area contributed by atoms with Crippen molar-refractivity contribution in [2.24, 2.45) is 5.92 Å². The van der Waals surface area contributed by atoms with E-state index in [2.05, 4.69) is 10.4 Å². The summed E-state index contributed by atoms with van der Waals surface area (Å²) in [5.41, 5.74) is 4.41. The van der Waals surface area contributed by atoms with Gasteiger partial charge in [0.05, 0.1) is 5.69 Å². The fraction of sp³-hybridized carbons (Fsp3) is 0.421. The average molecular weight is 341 g/mol. The van der Waals surface area contributed by atoms with Crippen molar-refractivity contribution in [3.8, 4) is 5.69 Å². The maximum atomic E-state index is 12.7. The average Bonchev–Trinajstić information content (AvgIpc) is 3.15. The summed E-state index contributed by atoms with van der Waals surface area (Å²) in [5, 5.41) is 16.4. The number of aromatic nitrogens is 2. The van der Waals surface area contributed by atoms with Gasteiger partial charge in [0, 0.05) is 11.3 Å². The Hall–Kier alpha value is -2.63. The third-order valence-electron chi connectivity index (χ3n) is 4.64. The van der Waals surface area contributed by atoms with Crippen LogP contribution in [-0.4, -0.2) is 32.8 Å². The molecule has 1 unspecified atom stereocenters. The van der Waals surface area contributed by atoms with Crippen molar-refractivity contribution in [1.82, 2.24) is 15.1 Å². The van der Waals surface area contributed by atoms with Crippen molar-refractivity contribution >= 4 is 11.9 Å². The molecule has 3 rings (SSSR count). The summed E-state index contributed by atoms with van der Waals surface area (Å²) in [6.07, 6.45) is 2.64. The van der Waals surface area contributed by atoms with Gasteiger partial charge in [0.2, 0.25) is 0 Å². The lowest BCUT2D eigenvalue weighted by molar-refractivity contribution is -0.140. The molecule has 6 nitrogen and oxygen atoms in total. The van der Waals surface area contributed by atoms with Crippen LogP contribution in [0.3, 0.4) is 0 Å². The van der Waals surface area contributed by atoms with Crippen LogP contribution in [0.25, 0.3) is 5.69 Å². The molecule has 1 aliphatic carbocycles. The third kappa shape index (κ3) is 3.29. The number of carbonyl (C=O) groups is 2. The minimum absolute atomic E-state index is 0.200. The minimum Gasteiger partial charge on any atom is -0.480 e. The molecular weight excluding hydrogens is 318 g/mol. The molecule has 1 aliphatic rings. The van der Waals surface area contributed by atoms with Crippen molar-refractivity contribution in [3.63, 3.8) is 0 Å². The number of carboxylic acids is 1. The molecule has 1 heterocycles. The Balaban J connectivity index is 1.95. The number of hydrogen-bond acceptors (Lipinski definition) is 3. The van der Waals surface area contributed by atoms with Crippen molar-refractivity contribution < 1.29 is 14.7 Å². The Bertz CT molecular complexity index is 806. The van der Waals surface area contributed by atoms with Gasteiger partial charge in [-0.25, -0.2) is 9.48 Å². The highest BCUT2D eigenvalue weighted by Gasteiger charge is 2.30. The van der Waals surface area contributed by atoms with E-state index >= 15 is 0 Å². The maximum absolute atomic E-state index is 12.7. The predicted molar refractivity (Wildman–Crippen MR) is 94.1 cm³/mol. The summed E-state index contributed by atoms with van der Waals surface area (Å²) in [5.74, 6) is -1.64. The molecule has 1 aromatic heterocycles. The number of fused-ring (bicyclic) bond motifs is 1. The van der Waals surface area contributed by atoms with Crippen LogP contribution in [0.15, 0.2) is 24.3 Å². The summed E-state index contributed by atoms with van der Waals surface area (Å²) in [7, 11) is 0. The number of nitrogens with zero attached hydrogens (tertiary/aromatic N) is 2. The molecule has 0 aliphatic heterocycles. The standard InChI is InChI=1S/C19H23N3O3/c1-11(2)16(19(24)25)20-18(23)17-14-5-4-6-15(14)22(21-17)13-9-7-12(3)8-10-13/h7-11,16H,4-6H2,1-3H3,(H,20,23)(H,24,25).